The minimum absolute atomic E-state index is 0.0644. The van der Waals surface area contributed by atoms with Crippen molar-refractivity contribution in [3.63, 3.8) is 0 Å². The molecule has 0 unspecified atom stereocenters. The SMILES string of the molecule is CCN(CC)c1ccc(CNC(=O)c2ccc(SC)cc2)cn1. The molecular formula is C18H23N3OS. The predicted octanol–water partition coefficient (Wildman–Crippen LogP) is 3.58. The molecule has 0 saturated carbocycles. The zero-order valence-corrected chi connectivity index (χ0v) is 14.7. The molecule has 0 fully saturated rings. The third-order valence-corrected chi connectivity index (χ3v) is 4.45. The largest absolute Gasteiger partial charge is 0.357 e. The van der Waals surface area contributed by atoms with Crippen LogP contribution >= 0.6 is 11.8 Å². The average Bonchev–Trinajstić information content (AvgIpc) is 2.62. The zero-order valence-electron chi connectivity index (χ0n) is 13.9. The van der Waals surface area contributed by atoms with Gasteiger partial charge in [0.2, 0.25) is 0 Å². The van der Waals surface area contributed by atoms with Crippen molar-refractivity contribution >= 4 is 23.5 Å². The van der Waals surface area contributed by atoms with Gasteiger partial charge in [-0.05, 0) is 56.0 Å². The van der Waals surface area contributed by atoms with Gasteiger partial charge in [0.05, 0.1) is 0 Å². The highest BCUT2D eigenvalue weighted by molar-refractivity contribution is 7.98. The van der Waals surface area contributed by atoms with Crippen LogP contribution in [0.3, 0.4) is 0 Å². The van der Waals surface area contributed by atoms with E-state index in [0.717, 1.165) is 29.4 Å². The van der Waals surface area contributed by atoms with E-state index in [1.54, 1.807) is 11.8 Å². The topological polar surface area (TPSA) is 45.2 Å². The number of thioether (sulfide) groups is 1. The molecule has 1 amide bonds. The third kappa shape index (κ3) is 4.73. The van der Waals surface area contributed by atoms with Crippen LogP contribution in [-0.2, 0) is 6.54 Å². The highest BCUT2D eigenvalue weighted by Crippen LogP contribution is 2.15. The van der Waals surface area contributed by atoms with Gasteiger partial charge >= 0.3 is 0 Å². The highest BCUT2D eigenvalue weighted by atomic mass is 32.2. The summed E-state index contributed by atoms with van der Waals surface area (Å²) in [5, 5.41) is 2.93. The lowest BCUT2D eigenvalue weighted by molar-refractivity contribution is 0.0951. The Kier molecular flexibility index (Phi) is 6.47. The molecule has 5 heteroatoms. The number of hydrogen-bond donors (Lipinski definition) is 1. The van der Waals surface area contributed by atoms with Gasteiger partial charge in [0, 0.05) is 36.3 Å². The monoisotopic (exact) mass is 329 g/mol. The van der Waals surface area contributed by atoms with Gasteiger partial charge in [-0.3, -0.25) is 4.79 Å². The molecule has 2 rings (SSSR count). The molecule has 1 aromatic heterocycles. The Bertz CT molecular complexity index is 622. The number of carbonyl (C=O) groups is 1. The van der Waals surface area contributed by atoms with Gasteiger partial charge in [0.25, 0.3) is 5.91 Å². The Morgan fingerprint density at radius 2 is 1.83 bits per heavy atom. The summed E-state index contributed by atoms with van der Waals surface area (Å²) in [5.74, 6) is 0.906. The highest BCUT2D eigenvalue weighted by Gasteiger charge is 2.06. The Morgan fingerprint density at radius 3 is 2.35 bits per heavy atom. The first-order valence-corrected chi connectivity index (χ1v) is 9.02. The van der Waals surface area contributed by atoms with Crippen molar-refractivity contribution in [3.8, 4) is 0 Å². The van der Waals surface area contributed by atoms with Crippen LogP contribution in [-0.4, -0.2) is 30.2 Å². The van der Waals surface area contributed by atoms with E-state index < -0.39 is 0 Å². The molecule has 122 valence electrons. The van der Waals surface area contributed by atoms with Gasteiger partial charge in [-0.1, -0.05) is 6.07 Å². The number of nitrogens with zero attached hydrogens (tertiary/aromatic N) is 2. The van der Waals surface area contributed by atoms with Crippen LogP contribution in [0.2, 0.25) is 0 Å². The van der Waals surface area contributed by atoms with Crippen LogP contribution in [0.1, 0.15) is 29.8 Å². The maximum absolute atomic E-state index is 12.1. The van der Waals surface area contributed by atoms with E-state index in [9.17, 15) is 4.79 Å². The molecule has 1 aromatic carbocycles. The van der Waals surface area contributed by atoms with E-state index in [0.29, 0.717) is 12.1 Å². The number of nitrogens with one attached hydrogen (secondary N) is 1. The van der Waals surface area contributed by atoms with Gasteiger partial charge in [0.15, 0.2) is 0 Å². The molecule has 0 aliphatic heterocycles. The zero-order chi connectivity index (χ0) is 16.7. The van der Waals surface area contributed by atoms with Crippen LogP contribution in [0.25, 0.3) is 0 Å². The van der Waals surface area contributed by atoms with Gasteiger partial charge < -0.3 is 10.2 Å². The second kappa shape index (κ2) is 8.58. The van der Waals surface area contributed by atoms with Gasteiger partial charge in [-0.2, -0.15) is 0 Å². The first-order chi connectivity index (χ1) is 11.2. The third-order valence-electron chi connectivity index (χ3n) is 3.70. The summed E-state index contributed by atoms with van der Waals surface area (Å²) in [4.78, 5) is 19.9. The van der Waals surface area contributed by atoms with Crippen molar-refractivity contribution in [3.05, 3.63) is 53.7 Å². The maximum Gasteiger partial charge on any atom is 0.251 e. The van der Waals surface area contributed by atoms with Crippen LogP contribution in [0.4, 0.5) is 5.82 Å². The molecule has 0 radical (unpaired) electrons. The number of rotatable bonds is 7. The molecule has 0 atom stereocenters. The molecule has 2 aromatic rings. The average molecular weight is 329 g/mol. The summed E-state index contributed by atoms with van der Waals surface area (Å²) in [7, 11) is 0. The minimum atomic E-state index is -0.0644. The number of carbonyl (C=O) groups excluding carboxylic acids is 1. The van der Waals surface area contributed by atoms with Crippen LogP contribution < -0.4 is 10.2 Å². The standard InChI is InChI=1S/C18H23N3OS/c1-4-21(5-2)17-11-6-14(12-19-17)13-20-18(22)15-7-9-16(23-3)10-8-15/h6-12H,4-5,13H2,1-3H3,(H,20,22). The second-order valence-corrected chi connectivity index (χ2v) is 5.99. The Balaban J connectivity index is 1.93. The van der Waals surface area contributed by atoms with Crippen molar-refractivity contribution < 1.29 is 4.79 Å². The van der Waals surface area contributed by atoms with Crippen molar-refractivity contribution in [2.24, 2.45) is 0 Å². The van der Waals surface area contributed by atoms with Crippen molar-refractivity contribution in [1.29, 1.82) is 0 Å². The lowest BCUT2D eigenvalue weighted by Crippen LogP contribution is -2.24. The fraction of sp³-hybridized carbons (Fsp3) is 0.333. The van der Waals surface area contributed by atoms with E-state index in [2.05, 4.69) is 29.0 Å². The number of amides is 1. The van der Waals surface area contributed by atoms with Crippen LogP contribution in [0.15, 0.2) is 47.5 Å². The smallest absolute Gasteiger partial charge is 0.251 e. The molecule has 0 aliphatic carbocycles. The summed E-state index contributed by atoms with van der Waals surface area (Å²) in [6.07, 6.45) is 3.84. The molecular weight excluding hydrogens is 306 g/mol. The summed E-state index contributed by atoms with van der Waals surface area (Å²) < 4.78 is 0. The Morgan fingerprint density at radius 1 is 1.13 bits per heavy atom. The summed E-state index contributed by atoms with van der Waals surface area (Å²) >= 11 is 1.66. The van der Waals surface area contributed by atoms with Crippen molar-refractivity contribution in [2.75, 3.05) is 24.2 Å². The number of aromatic nitrogens is 1. The number of hydrogen-bond acceptors (Lipinski definition) is 4. The summed E-state index contributed by atoms with van der Waals surface area (Å²) in [6.45, 7) is 6.58. The van der Waals surface area contributed by atoms with Gasteiger partial charge in [-0.25, -0.2) is 4.98 Å². The first kappa shape index (κ1) is 17.3. The number of benzene rings is 1. The maximum atomic E-state index is 12.1. The molecule has 0 saturated heterocycles. The molecule has 4 nitrogen and oxygen atoms in total. The second-order valence-electron chi connectivity index (χ2n) is 5.11. The number of anilines is 1. The molecule has 1 N–H and O–H groups in total. The fourth-order valence-electron chi connectivity index (χ4n) is 2.28. The molecule has 0 aliphatic rings. The number of pyridine rings is 1. The lowest BCUT2D eigenvalue weighted by Gasteiger charge is -2.19. The van der Waals surface area contributed by atoms with E-state index in [4.69, 9.17) is 0 Å². The molecule has 23 heavy (non-hydrogen) atoms. The minimum Gasteiger partial charge on any atom is -0.357 e. The van der Waals surface area contributed by atoms with E-state index in [1.807, 2.05) is 48.9 Å². The summed E-state index contributed by atoms with van der Waals surface area (Å²) in [5.41, 5.74) is 1.67. The van der Waals surface area contributed by atoms with Crippen LogP contribution in [0.5, 0.6) is 0 Å². The van der Waals surface area contributed by atoms with Crippen molar-refractivity contribution in [1.82, 2.24) is 10.3 Å². The molecule has 0 bridgehead atoms. The van der Waals surface area contributed by atoms with E-state index in [-0.39, 0.29) is 5.91 Å². The Labute approximate surface area is 142 Å². The van der Waals surface area contributed by atoms with E-state index >= 15 is 0 Å². The molecule has 1 heterocycles. The van der Waals surface area contributed by atoms with E-state index in [1.165, 1.54) is 0 Å². The quantitative estimate of drug-likeness (QED) is 0.789. The van der Waals surface area contributed by atoms with Gasteiger partial charge in [0.1, 0.15) is 5.82 Å². The Hall–Kier alpha value is -2.01. The normalized spacial score (nSPS) is 10.4. The molecule has 0 spiro atoms. The van der Waals surface area contributed by atoms with Crippen molar-refractivity contribution in [2.45, 2.75) is 25.3 Å². The lowest BCUT2D eigenvalue weighted by atomic mass is 10.2. The predicted molar refractivity (Wildman–Crippen MR) is 97.2 cm³/mol. The van der Waals surface area contributed by atoms with Crippen LogP contribution in [0, 0.1) is 0 Å². The fourth-order valence-corrected chi connectivity index (χ4v) is 2.69. The summed E-state index contributed by atoms with van der Waals surface area (Å²) in [6, 6.07) is 11.6. The van der Waals surface area contributed by atoms with Gasteiger partial charge in [-0.15, -0.1) is 11.8 Å². The first-order valence-electron chi connectivity index (χ1n) is 7.80.